The molecule has 4 fully saturated rings. The van der Waals surface area contributed by atoms with Crippen LogP contribution in [0.1, 0.15) is 44.9 Å². The fourth-order valence-corrected chi connectivity index (χ4v) is 8.85. The van der Waals surface area contributed by atoms with E-state index < -0.39 is 26.0 Å². The van der Waals surface area contributed by atoms with Gasteiger partial charge in [-0.05, 0) is 62.1 Å². The maximum absolute atomic E-state index is 13.9. The molecule has 1 saturated heterocycles. The Morgan fingerprint density at radius 3 is 2.51 bits per heavy atom. The number of hydrogen-bond acceptors (Lipinski definition) is 7. The standard InChI is InChI=1S/C23H28N4O6S2/c1-34(30,31)25-14-8-9-16-17(11-14)35(32,33)26-22(24-16)19-21(28)18-12-6-7-13(10-12)20(18)27(23(19)29)15-4-2-3-5-15/h8-9,11-13,15,18-20,25H,2-7,10H2,1H3,(H,24,26)/t12-,13+,18?,19?,20?/m0/s1. The number of ketones is 1. The third-order valence-corrected chi connectivity index (χ3v) is 10.3. The van der Waals surface area contributed by atoms with Gasteiger partial charge in [-0.1, -0.05) is 12.8 Å². The normalized spacial score (nSPS) is 33.8. The van der Waals surface area contributed by atoms with Gasteiger partial charge in [-0.25, -0.2) is 8.42 Å². The van der Waals surface area contributed by atoms with E-state index in [9.17, 15) is 26.4 Å². The largest absolute Gasteiger partial charge is 0.341 e. The lowest BCUT2D eigenvalue weighted by Gasteiger charge is -2.48. The Bertz CT molecular complexity index is 1370. The quantitative estimate of drug-likeness (QED) is 0.578. The van der Waals surface area contributed by atoms with Crippen LogP contribution in [-0.2, 0) is 29.6 Å². The molecule has 2 N–H and O–H groups in total. The highest BCUT2D eigenvalue weighted by Crippen LogP contribution is 2.55. The molecule has 0 aromatic heterocycles. The Labute approximate surface area is 204 Å². The molecule has 0 radical (unpaired) electrons. The van der Waals surface area contributed by atoms with Crippen molar-refractivity contribution >= 4 is 48.9 Å². The molecule has 35 heavy (non-hydrogen) atoms. The van der Waals surface area contributed by atoms with Crippen molar-refractivity contribution in [2.24, 2.45) is 28.1 Å². The molecule has 3 saturated carbocycles. The Morgan fingerprint density at radius 1 is 1.09 bits per heavy atom. The first kappa shape index (κ1) is 23.0. The molecule has 1 amide bonds. The highest BCUT2D eigenvalue weighted by atomic mass is 32.2. The van der Waals surface area contributed by atoms with Crippen LogP contribution >= 0.6 is 0 Å². The molecule has 2 aliphatic heterocycles. The number of anilines is 2. The van der Waals surface area contributed by atoms with Crippen LogP contribution in [-0.4, -0.2) is 57.6 Å². The number of carbonyl (C=O) groups excluding carboxylic acids is 2. The molecule has 6 rings (SSSR count). The van der Waals surface area contributed by atoms with Crippen molar-refractivity contribution in [1.29, 1.82) is 0 Å². The van der Waals surface area contributed by atoms with Gasteiger partial charge in [0.15, 0.2) is 11.7 Å². The van der Waals surface area contributed by atoms with Crippen LogP contribution in [0.3, 0.4) is 0 Å². The lowest BCUT2D eigenvalue weighted by Crippen LogP contribution is -2.64. The molecule has 3 unspecified atom stereocenters. The molecule has 10 nitrogen and oxygen atoms in total. The molecular weight excluding hydrogens is 492 g/mol. The van der Waals surface area contributed by atoms with E-state index in [1.807, 2.05) is 4.90 Å². The number of Topliss-reactive ketones (excluding diaryl/α,β-unsaturated/α-hetero) is 1. The van der Waals surface area contributed by atoms with Crippen LogP contribution in [0.2, 0.25) is 0 Å². The summed E-state index contributed by atoms with van der Waals surface area (Å²) in [5.74, 6) is -1.68. The van der Waals surface area contributed by atoms with Gasteiger partial charge >= 0.3 is 0 Å². The average Bonchev–Trinajstić information content (AvgIpc) is 3.51. The van der Waals surface area contributed by atoms with Crippen LogP contribution in [0, 0.1) is 23.7 Å². The van der Waals surface area contributed by atoms with E-state index in [0.717, 1.165) is 51.2 Å². The fraction of sp³-hybridized carbons (Fsp3) is 0.609. The van der Waals surface area contributed by atoms with Crippen LogP contribution in [0.25, 0.3) is 0 Å². The second-order valence-corrected chi connectivity index (χ2v) is 13.9. The van der Waals surface area contributed by atoms with E-state index in [1.165, 1.54) is 18.2 Å². The minimum atomic E-state index is -4.27. The van der Waals surface area contributed by atoms with Crippen molar-refractivity contribution in [3.63, 3.8) is 0 Å². The van der Waals surface area contributed by atoms with Gasteiger partial charge in [-0.3, -0.25) is 14.3 Å². The van der Waals surface area contributed by atoms with E-state index >= 15 is 0 Å². The van der Waals surface area contributed by atoms with E-state index in [4.69, 9.17) is 0 Å². The van der Waals surface area contributed by atoms with Crippen molar-refractivity contribution in [1.82, 2.24) is 4.90 Å². The molecule has 0 spiro atoms. The number of nitrogens with one attached hydrogen (secondary N) is 2. The molecular formula is C23H28N4O6S2. The number of likely N-dealkylation sites (tertiary alicyclic amines) is 1. The molecule has 188 valence electrons. The zero-order chi connectivity index (χ0) is 24.7. The summed E-state index contributed by atoms with van der Waals surface area (Å²) in [6, 6.07) is 4.03. The highest BCUT2D eigenvalue weighted by molar-refractivity contribution is 7.92. The first-order valence-corrected chi connectivity index (χ1v) is 15.5. The summed E-state index contributed by atoms with van der Waals surface area (Å²) in [6.45, 7) is 0. The van der Waals surface area contributed by atoms with Crippen molar-refractivity contribution in [3.8, 4) is 0 Å². The van der Waals surface area contributed by atoms with Gasteiger partial charge in [0.05, 0.1) is 11.9 Å². The number of hydrogen-bond donors (Lipinski definition) is 2. The number of carbonyl (C=O) groups is 2. The number of nitrogens with zero attached hydrogens (tertiary/aromatic N) is 2. The van der Waals surface area contributed by atoms with Gasteiger partial charge < -0.3 is 10.2 Å². The number of rotatable bonds is 4. The predicted molar refractivity (Wildman–Crippen MR) is 129 cm³/mol. The van der Waals surface area contributed by atoms with E-state index in [0.29, 0.717) is 5.92 Å². The molecule has 5 atom stereocenters. The maximum atomic E-state index is 13.9. The average molecular weight is 521 g/mol. The Hall–Kier alpha value is -2.47. The zero-order valence-electron chi connectivity index (χ0n) is 19.3. The number of sulfonamides is 2. The van der Waals surface area contributed by atoms with Crippen molar-refractivity contribution in [2.45, 2.75) is 61.9 Å². The number of fused-ring (bicyclic) bond motifs is 6. The van der Waals surface area contributed by atoms with Crippen molar-refractivity contribution < 1.29 is 26.4 Å². The summed E-state index contributed by atoms with van der Waals surface area (Å²) in [5.41, 5.74) is 0.245. The highest BCUT2D eigenvalue weighted by Gasteiger charge is 2.62. The summed E-state index contributed by atoms with van der Waals surface area (Å²) in [6.07, 6.45) is 7.82. The van der Waals surface area contributed by atoms with Crippen molar-refractivity contribution in [2.75, 3.05) is 16.3 Å². The molecule has 2 bridgehead atoms. The van der Waals surface area contributed by atoms with Crippen LogP contribution in [0.5, 0.6) is 0 Å². The van der Waals surface area contributed by atoms with Crippen molar-refractivity contribution in [3.05, 3.63) is 18.2 Å². The summed E-state index contributed by atoms with van der Waals surface area (Å²) >= 11 is 0. The molecule has 3 aliphatic carbocycles. The fourth-order valence-electron chi connectivity index (χ4n) is 7.11. The smallest absolute Gasteiger partial charge is 0.286 e. The number of piperidine rings is 1. The first-order chi connectivity index (χ1) is 16.5. The third-order valence-electron chi connectivity index (χ3n) is 8.34. The van der Waals surface area contributed by atoms with Crippen LogP contribution in [0.4, 0.5) is 11.4 Å². The summed E-state index contributed by atoms with van der Waals surface area (Å²) in [7, 11) is -7.87. The lowest BCUT2D eigenvalue weighted by molar-refractivity contribution is -0.155. The number of amidine groups is 1. The van der Waals surface area contributed by atoms with Crippen LogP contribution < -0.4 is 10.0 Å². The third kappa shape index (κ3) is 3.67. The number of benzene rings is 1. The van der Waals surface area contributed by atoms with Gasteiger partial charge in [0.2, 0.25) is 15.9 Å². The van der Waals surface area contributed by atoms with Gasteiger partial charge in [0.1, 0.15) is 10.7 Å². The number of amides is 1. The van der Waals surface area contributed by atoms with Gasteiger partial charge in [0, 0.05) is 23.7 Å². The molecule has 2 heterocycles. The zero-order valence-corrected chi connectivity index (χ0v) is 20.9. The Balaban J connectivity index is 1.38. The molecule has 5 aliphatic rings. The SMILES string of the molecule is CS(=O)(=O)Nc1ccc2c(c1)S(=O)(=O)N=C(C1C(=O)C3C([C@@H]4CC[C@H]3C4)N(C3CCCC3)C1=O)N2. The summed E-state index contributed by atoms with van der Waals surface area (Å²) in [4.78, 5) is 29.4. The Morgan fingerprint density at radius 2 is 1.80 bits per heavy atom. The monoisotopic (exact) mass is 520 g/mol. The Kier molecular flexibility index (Phi) is 5.09. The topological polar surface area (TPSA) is 142 Å². The molecule has 1 aromatic carbocycles. The van der Waals surface area contributed by atoms with E-state index in [2.05, 4.69) is 14.4 Å². The summed E-state index contributed by atoms with van der Waals surface area (Å²) in [5, 5.41) is 2.93. The van der Waals surface area contributed by atoms with E-state index in [-0.39, 0.29) is 57.7 Å². The maximum Gasteiger partial charge on any atom is 0.286 e. The minimum Gasteiger partial charge on any atom is -0.341 e. The van der Waals surface area contributed by atoms with Crippen LogP contribution in [0.15, 0.2) is 27.5 Å². The predicted octanol–water partition coefficient (Wildman–Crippen LogP) is 1.96. The summed E-state index contributed by atoms with van der Waals surface area (Å²) < 4.78 is 55.5. The van der Waals surface area contributed by atoms with E-state index in [1.54, 1.807) is 0 Å². The van der Waals surface area contributed by atoms with Gasteiger partial charge in [0.25, 0.3) is 10.0 Å². The first-order valence-electron chi connectivity index (χ1n) is 12.1. The lowest BCUT2D eigenvalue weighted by atomic mass is 9.72. The molecule has 12 heteroatoms. The van der Waals surface area contributed by atoms with Gasteiger partial charge in [-0.2, -0.15) is 8.42 Å². The second kappa shape index (κ2) is 7.76. The molecule has 1 aromatic rings. The minimum absolute atomic E-state index is 0.0780. The second-order valence-electron chi connectivity index (χ2n) is 10.5. The van der Waals surface area contributed by atoms with Gasteiger partial charge in [-0.15, -0.1) is 4.40 Å².